The molecule has 0 radical (unpaired) electrons. The lowest BCUT2D eigenvalue weighted by atomic mass is 10.00. The summed E-state index contributed by atoms with van der Waals surface area (Å²) in [5, 5.41) is 3.62. The minimum Gasteiger partial charge on any atom is -0.496 e. The average Bonchev–Trinajstić information content (AvgIpc) is 3.12. The largest absolute Gasteiger partial charge is 0.496 e. The van der Waals surface area contributed by atoms with Crippen molar-refractivity contribution in [3.8, 4) is 5.75 Å². The summed E-state index contributed by atoms with van der Waals surface area (Å²) in [7, 11) is -1.94. The lowest BCUT2D eigenvalue weighted by molar-refractivity contribution is 0.0950. The molecule has 40 heavy (non-hydrogen) atoms. The molecule has 4 heterocycles. The van der Waals surface area contributed by atoms with E-state index in [0.29, 0.717) is 40.6 Å². The van der Waals surface area contributed by atoms with Crippen molar-refractivity contribution in [1.82, 2.24) is 15.3 Å². The van der Waals surface area contributed by atoms with E-state index in [9.17, 15) is 17.6 Å². The van der Waals surface area contributed by atoms with Gasteiger partial charge in [0.25, 0.3) is 5.91 Å². The van der Waals surface area contributed by atoms with Crippen molar-refractivity contribution in [2.45, 2.75) is 30.9 Å². The van der Waals surface area contributed by atoms with Gasteiger partial charge in [-0.15, -0.1) is 0 Å². The van der Waals surface area contributed by atoms with Crippen molar-refractivity contribution in [2.75, 3.05) is 30.9 Å². The van der Waals surface area contributed by atoms with Gasteiger partial charge in [0, 0.05) is 29.3 Å². The van der Waals surface area contributed by atoms with Gasteiger partial charge in [0.15, 0.2) is 9.84 Å². The van der Waals surface area contributed by atoms with E-state index in [2.05, 4.69) is 10.3 Å². The fourth-order valence-electron chi connectivity index (χ4n) is 5.20. The Kier molecular flexibility index (Phi) is 6.85. The maximum atomic E-state index is 15.0. The zero-order valence-corrected chi connectivity index (χ0v) is 22.6. The second kappa shape index (κ2) is 10.5. The molecular formula is C29H27FN4O5S. The number of fused-ring (bicyclic) bond motifs is 3. The van der Waals surface area contributed by atoms with Crippen molar-refractivity contribution in [1.29, 1.82) is 0 Å². The summed E-state index contributed by atoms with van der Waals surface area (Å²) >= 11 is 0. The summed E-state index contributed by atoms with van der Waals surface area (Å²) in [6.07, 6.45) is 3.23. The number of amides is 1. The van der Waals surface area contributed by atoms with E-state index >= 15 is 0 Å². The number of carbonyl (C=O) groups is 1. The maximum absolute atomic E-state index is 15.0. The van der Waals surface area contributed by atoms with Crippen LogP contribution in [0.25, 0.3) is 10.9 Å². The standard InChI is InChI=1S/C29H27FN4O5S/c1-38-25-8-7-23(30)28-22(25)3-2-10-34(28)27-9-6-19-15-31-21(14-24(19)33-27)16-32-29(35)18-4-5-20-17-39-11-12-40(36,37)26(20)13-18/h4-9,13-15H,2-3,10-12,16-17H2,1H3,(H,32,35). The van der Waals surface area contributed by atoms with Crippen LogP contribution >= 0.6 is 0 Å². The summed E-state index contributed by atoms with van der Waals surface area (Å²) in [4.78, 5) is 24.1. The summed E-state index contributed by atoms with van der Waals surface area (Å²) in [5.74, 6) is 0.404. The highest BCUT2D eigenvalue weighted by Gasteiger charge is 2.26. The molecule has 0 fully saturated rings. The smallest absolute Gasteiger partial charge is 0.251 e. The molecule has 0 unspecified atom stereocenters. The van der Waals surface area contributed by atoms with Crippen LogP contribution < -0.4 is 15.0 Å². The predicted octanol–water partition coefficient (Wildman–Crippen LogP) is 4.10. The first kappa shape index (κ1) is 26.1. The number of rotatable bonds is 5. The summed E-state index contributed by atoms with van der Waals surface area (Å²) in [6, 6.07) is 13.2. The van der Waals surface area contributed by atoms with Crippen LogP contribution in [-0.4, -0.2) is 50.3 Å². The van der Waals surface area contributed by atoms with Gasteiger partial charge in [-0.05, 0) is 60.9 Å². The number of ether oxygens (including phenoxy) is 2. The Morgan fingerprint density at radius 3 is 2.90 bits per heavy atom. The van der Waals surface area contributed by atoms with Crippen molar-refractivity contribution in [3.05, 3.63) is 82.9 Å². The Balaban J connectivity index is 1.24. The number of halogens is 1. The number of benzene rings is 2. The molecular weight excluding hydrogens is 535 g/mol. The summed E-state index contributed by atoms with van der Waals surface area (Å²) < 4.78 is 50.9. The number of hydrogen-bond acceptors (Lipinski definition) is 8. The Morgan fingerprint density at radius 1 is 1.18 bits per heavy atom. The van der Waals surface area contributed by atoms with Gasteiger partial charge in [-0.1, -0.05) is 6.07 Å². The molecule has 0 saturated carbocycles. The zero-order valence-electron chi connectivity index (χ0n) is 21.8. The Hall–Kier alpha value is -4.09. The highest BCUT2D eigenvalue weighted by molar-refractivity contribution is 7.91. The number of sulfone groups is 1. The number of nitrogens with zero attached hydrogens (tertiary/aromatic N) is 3. The van der Waals surface area contributed by atoms with Gasteiger partial charge in [0.2, 0.25) is 0 Å². The molecule has 0 bridgehead atoms. The van der Waals surface area contributed by atoms with Crippen molar-refractivity contribution in [2.24, 2.45) is 0 Å². The molecule has 1 N–H and O–H groups in total. The molecule has 206 valence electrons. The van der Waals surface area contributed by atoms with E-state index in [4.69, 9.17) is 14.5 Å². The van der Waals surface area contributed by atoms with Gasteiger partial charge in [0.1, 0.15) is 17.4 Å². The fraction of sp³-hybridized carbons (Fsp3) is 0.276. The molecule has 6 rings (SSSR count). The first-order valence-corrected chi connectivity index (χ1v) is 14.6. The second-order valence-corrected chi connectivity index (χ2v) is 11.8. The zero-order chi connectivity index (χ0) is 27.9. The molecule has 4 aromatic rings. The van der Waals surface area contributed by atoms with Gasteiger partial charge in [-0.25, -0.2) is 17.8 Å². The molecule has 2 aromatic heterocycles. The van der Waals surface area contributed by atoms with Crippen LogP contribution in [0.4, 0.5) is 15.9 Å². The molecule has 0 atom stereocenters. The number of nitrogens with one attached hydrogen (secondary N) is 1. The van der Waals surface area contributed by atoms with Crippen LogP contribution in [0.2, 0.25) is 0 Å². The van der Waals surface area contributed by atoms with E-state index in [1.165, 1.54) is 12.1 Å². The Bertz CT molecular complexity index is 1740. The number of anilines is 2. The molecule has 2 aliphatic heterocycles. The number of carbonyl (C=O) groups excluding carboxylic acids is 1. The van der Waals surface area contributed by atoms with Gasteiger partial charge >= 0.3 is 0 Å². The molecule has 2 aromatic carbocycles. The third-order valence-electron chi connectivity index (χ3n) is 7.23. The Labute approximate surface area is 230 Å². The molecule has 1 amide bonds. The molecule has 11 heteroatoms. The number of aromatic nitrogens is 2. The van der Waals surface area contributed by atoms with E-state index in [-0.39, 0.29) is 41.8 Å². The minimum atomic E-state index is -3.52. The van der Waals surface area contributed by atoms with Crippen LogP contribution in [0.5, 0.6) is 5.75 Å². The van der Waals surface area contributed by atoms with E-state index < -0.39 is 15.7 Å². The first-order valence-electron chi connectivity index (χ1n) is 12.9. The van der Waals surface area contributed by atoms with E-state index in [0.717, 1.165) is 23.8 Å². The van der Waals surface area contributed by atoms with E-state index in [1.54, 1.807) is 37.6 Å². The predicted molar refractivity (Wildman–Crippen MR) is 147 cm³/mol. The topological polar surface area (TPSA) is 111 Å². The van der Waals surface area contributed by atoms with Crippen LogP contribution in [0.15, 0.2) is 59.6 Å². The highest BCUT2D eigenvalue weighted by Crippen LogP contribution is 2.40. The first-order chi connectivity index (χ1) is 19.3. The lowest BCUT2D eigenvalue weighted by Crippen LogP contribution is -2.27. The van der Waals surface area contributed by atoms with Crippen molar-refractivity contribution < 1.29 is 27.1 Å². The van der Waals surface area contributed by atoms with Crippen LogP contribution in [0, 0.1) is 5.82 Å². The normalized spacial score (nSPS) is 16.1. The molecule has 0 spiro atoms. The number of hydrogen-bond donors (Lipinski definition) is 1. The third kappa shape index (κ3) is 4.86. The van der Waals surface area contributed by atoms with Crippen LogP contribution in [0.1, 0.15) is 33.6 Å². The maximum Gasteiger partial charge on any atom is 0.251 e. The quantitative estimate of drug-likeness (QED) is 0.387. The van der Waals surface area contributed by atoms with E-state index in [1.807, 2.05) is 17.0 Å². The number of methoxy groups -OCH3 is 1. The second-order valence-electron chi connectivity index (χ2n) is 9.75. The SMILES string of the molecule is COc1ccc(F)c2c1CCCN2c1ccc2cnc(CNC(=O)c3ccc4c(c3)S(=O)(=O)CCOC4)cc2n1. The van der Waals surface area contributed by atoms with Gasteiger partial charge in [-0.2, -0.15) is 0 Å². The molecule has 0 saturated heterocycles. The highest BCUT2D eigenvalue weighted by atomic mass is 32.2. The summed E-state index contributed by atoms with van der Waals surface area (Å²) in [6.45, 7) is 1.04. The minimum absolute atomic E-state index is 0.117. The molecule has 9 nitrogen and oxygen atoms in total. The fourth-order valence-corrected chi connectivity index (χ4v) is 6.59. The van der Waals surface area contributed by atoms with Crippen molar-refractivity contribution in [3.63, 3.8) is 0 Å². The van der Waals surface area contributed by atoms with Gasteiger partial charge in [-0.3, -0.25) is 9.78 Å². The van der Waals surface area contributed by atoms with Gasteiger partial charge in [0.05, 0.1) is 54.4 Å². The van der Waals surface area contributed by atoms with Crippen molar-refractivity contribution >= 4 is 38.2 Å². The summed E-state index contributed by atoms with van der Waals surface area (Å²) in [5.41, 5.74) is 3.32. The number of pyridine rings is 2. The molecule has 0 aliphatic carbocycles. The lowest BCUT2D eigenvalue weighted by Gasteiger charge is -2.31. The third-order valence-corrected chi connectivity index (χ3v) is 8.98. The van der Waals surface area contributed by atoms with Gasteiger partial charge < -0.3 is 19.7 Å². The molecule has 2 aliphatic rings. The Morgan fingerprint density at radius 2 is 2.05 bits per heavy atom. The monoisotopic (exact) mass is 562 g/mol. The van der Waals surface area contributed by atoms with Crippen LogP contribution in [0.3, 0.4) is 0 Å². The average molecular weight is 563 g/mol. The van der Waals surface area contributed by atoms with Crippen LogP contribution in [-0.2, 0) is 34.1 Å².